The summed E-state index contributed by atoms with van der Waals surface area (Å²) >= 11 is 0. The molecule has 0 amide bonds. The summed E-state index contributed by atoms with van der Waals surface area (Å²) in [5, 5.41) is 13.6. The van der Waals surface area contributed by atoms with Crippen molar-refractivity contribution >= 4 is 0 Å². The van der Waals surface area contributed by atoms with Gasteiger partial charge in [0.1, 0.15) is 23.2 Å². The van der Waals surface area contributed by atoms with Gasteiger partial charge in [0, 0.05) is 19.0 Å². The van der Waals surface area contributed by atoms with Crippen molar-refractivity contribution < 1.29 is 14.3 Å². The second-order valence-electron chi connectivity index (χ2n) is 7.03. The van der Waals surface area contributed by atoms with E-state index >= 15 is 0 Å². The molecule has 4 heteroatoms. The number of hydrogen-bond donors (Lipinski definition) is 2. The van der Waals surface area contributed by atoms with Crippen LogP contribution in [0.4, 0.5) is 0 Å². The van der Waals surface area contributed by atoms with Crippen LogP contribution >= 0.6 is 0 Å². The van der Waals surface area contributed by atoms with Gasteiger partial charge in [-0.3, -0.25) is 0 Å². The fourth-order valence-electron chi connectivity index (χ4n) is 3.08. The molecule has 2 heterocycles. The number of fused-ring (bicyclic) bond motifs is 1. The van der Waals surface area contributed by atoms with Crippen LogP contribution in [0.25, 0.3) is 0 Å². The van der Waals surface area contributed by atoms with E-state index in [1.807, 2.05) is 0 Å². The highest BCUT2D eigenvalue weighted by atomic mass is 16.5. The second kappa shape index (κ2) is 6.38. The van der Waals surface area contributed by atoms with Crippen LogP contribution in [-0.2, 0) is 13.0 Å². The van der Waals surface area contributed by atoms with Crippen molar-refractivity contribution in [2.24, 2.45) is 0 Å². The zero-order valence-electron chi connectivity index (χ0n) is 14.0. The first kappa shape index (κ1) is 16.1. The van der Waals surface area contributed by atoms with Gasteiger partial charge in [-0.05, 0) is 56.5 Å². The third-order valence-electron chi connectivity index (χ3n) is 4.23. The third kappa shape index (κ3) is 3.95. The van der Waals surface area contributed by atoms with E-state index in [2.05, 4.69) is 44.3 Å². The lowest BCUT2D eigenvalue weighted by Crippen LogP contribution is -2.27. The van der Waals surface area contributed by atoms with E-state index in [9.17, 15) is 5.11 Å². The number of benzene rings is 1. The summed E-state index contributed by atoms with van der Waals surface area (Å²) in [5.74, 6) is 1.62. The van der Waals surface area contributed by atoms with Crippen LogP contribution in [0.15, 0.2) is 41.0 Å². The summed E-state index contributed by atoms with van der Waals surface area (Å²) in [6, 6.07) is 10.2. The molecule has 1 aromatic carbocycles. The lowest BCUT2D eigenvalue weighted by molar-refractivity contribution is 0.128. The number of nitrogens with one attached hydrogen (secondary N) is 1. The second-order valence-corrected chi connectivity index (χ2v) is 7.03. The average molecular weight is 315 g/mol. The van der Waals surface area contributed by atoms with Crippen molar-refractivity contribution in [3.63, 3.8) is 0 Å². The zero-order chi connectivity index (χ0) is 16.4. The summed E-state index contributed by atoms with van der Waals surface area (Å²) in [5.41, 5.74) is 2.41. The molecular formula is C19H25NO3. The minimum Gasteiger partial charge on any atom is -0.487 e. The molecular weight excluding hydrogens is 290 g/mol. The Kier molecular flexibility index (Phi) is 4.46. The SMILES string of the molecule is CC(CC(O)c1ccco1)NCc1ccc2c(c1)CC(C)(C)O2. The molecule has 0 aliphatic carbocycles. The number of aliphatic hydroxyl groups excluding tert-OH is 1. The molecule has 0 bridgehead atoms. The van der Waals surface area contributed by atoms with Crippen LogP contribution in [-0.4, -0.2) is 16.7 Å². The monoisotopic (exact) mass is 315 g/mol. The molecule has 0 radical (unpaired) electrons. The Hall–Kier alpha value is -1.78. The molecule has 2 N–H and O–H groups in total. The van der Waals surface area contributed by atoms with E-state index < -0.39 is 6.10 Å². The highest BCUT2D eigenvalue weighted by Gasteiger charge is 2.29. The van der Waals surface area contributed by atoms with Crippen LogP contribution in [0.1, 0.15) is 50.2 Å². The number of ether oxygens (including phenoxy) is 1. The Morgan fingerprint density at radius 1 is 1.30 bits per heavy atom. The van der Waals surface area contributed by atoms with E-state index in [0.717, 1.165) is 18.7 Å². The minimum absolute atomic E-state index is 0.102. The zero-order valence-corrected chi connectivity index (χ0v) is 14.0. The van der Waals surface area contributed by atoms with Crippen molar-refractivity contribution in [2.75, 3.05) is 0 Å². The predicted molar refractivity (Wildman–Crippen MR) is 89.4 cm³/mol. The van der Waals surface area contributed by atoms with Crippen molar-refractivity contribution in [1.82, 2.24) is 5.32 Å². The van der Waals surface area contributed by atoms with Crippen LogP contribution in [0, 0.1) is 0 Å². The Balaban J connectivity index is 1.53. The molecule has 4 nitrogen and oxygen atoms in total. The van der Waals surface area contributed by atoms with Gasteiger partial charge >= 0.3 is 0 Å². The quantitative estimate of drug-likeness (QED) is 0.855. The number of aliphatic hydroxyl groups is 1. The molecule has 1 aliphatic heterocycles. The molecule has 1 aliphatic rings. The molecule has 2 atom stereocenters. The summed E-state index contributed by atoms with van der Waals surface area (Å²) < 4.78 is 11.1. The molecule has 23 heavy (non-hydrogen) atoms. The summed E-state index contributed by atoms with van der Waals surface area (Å²) in [4.78, 5) is 0. The normalized spacial score (nSPS) is 18.3. The molecule has 124 valence electrons. The van der Waals surface area contributed by atoms with E-state index in [-0.39, 0.29) is 11.6 Å². The van der Waals surface area contributed by atoms with E-state index in [4.69, 9.17) is 9.15 Å². The van der Waals surface area contributed by atoms with Gasteiger partial charge in [0.05, 0.1) is 6.26 Å². The predicted octanol–water partition coefficient (Wildman–Crippen LogP) is 3.59. The summed E-state index contributed by atoms with van der Waals surface area (Å²) in [6.07, 6.45) is 2.59. The largest absolute Gasteiger partial charge is 0.487 e. The van der Waals surface area contributed by atoms with Crippen LogP contribution in [0.3, 0.4) is 0 Å². The van der Waals surface area contributed by atoms with E-state index in [0.29, 0.717) is 12.2 Å². The third-order valence-corrected chi connectivity index (χ3v) is 4.23. The molecule has 1 aromatic heterocycles. The highest BCUT2D eigenvalue weighted by molar-refractivity contribution is 5.41. The minimum atomic E-state index is -0.568. The van der Waals surface area contributed by atoms with Crippen LogP contribution in [0.2, 0.25) is 0 Å². The Morgan fingerprint density at radius 3 is 2.87 bits per heavy atom. The van der Waals surface area contributed by atoms with Crippen LogP contribution < -0.4 is 10.1 Å². The van der Waals surface area contributed by atoms with Crippen molar-refractivity contribution in [1.29, 1.82) is 0 Å². The number of hydrogen-bond acceptors (Lipinski definition) is 4. The maximum absolute atomic E-state index is 10.1. The lowest BCUT2D eigenvalue weighted by atomic mass is 10.00. The molecule has 0 saturated heterocycles. The van der Waals surface area contributed by atoms with Gasteiger partial charge in [0.15, 0.2) is 0 Å². The van der Waals surface area contributed by atoms with Gasteiger partial charge in [-0.1, -0.05) is 12.1 Å². The van der Waals surface area contributed by atoms with E-state index in [1.165, 1.54) is 11.1 Å². The molecule has 3 rings (SSSR count). The fourth-order valence-corrected chi connectivity index (χ4v) is 3.08. The molecule has 0 saturated carbocycles. The average Bonchev–Trinajstić information content (AvgIpc) is 3.10. The van der Waals surface area contributed by atoms with Crippen molar-refractivity contribution in [3.05, 3.63) is 53.5 Å². The van der Waals surface area contributed by atoms with Gasteiger partial charge in [0.2, 0.25) is 0 Å². The van der Waals surface area contributed by atoms with Gasteiger partial charge in [-0.25, -0.2) is 0 Å². The van der Waals surface area contributed by atoms with Gasteiger partial charge in [-0.15, -0.1) is 0 Å². The van der Waals surface area contributed by atoms with E-state index in [1.54, 1.807) is 18.4 Å². The maximum Gasteiger partial charge on any atom is 0.132 e. The highest BCUT2D eigenvalue weighted by Crippen LogP contribution is 2.35. The Bertz CT molecular complexity index is 649. The Morgan fingerprint density at radius 2 is 2.13 bits per heavy atom. The summed E-state index contributed by atoms with van der Waals surface area (Å²) in [6.45, 7) is 7.08. The first-order valence-electron chi connectivity index (χ1n) is 8.19. The molecule has 0 fully saturated rings. The topological polar surface area (TPSA) is 54.6 Å². The standard InChI is InChI=1S/C19H25NO3/c1-13(9-16(21)18-5-4-8-22-18)20-12-14-6-7-17-15(10-14)11-19(2,3)23-17/h4-8,10,13,16,20-21H,9,11-12H2,1-3H3. The molecule has 2 aromatic rings. The van der Waals surface area contributed by atoms with Crippen LogP contribution in [0.5, 0.6) is 5.75 Å². The van der Waals surface area contributed by atoms with Gasteiger partial charge in [0.25, 0.3) is 0 Å². The number of furan rings is 1. The van der Waals surface area contributed by atoms with Gasteiger partial charge in [-0.2, -0.15) is 0 Å². The fraction of sp³-hybridized carbons (Fsp3) is 0.474. The maximum atomic E-state index is 10.1. The van der Waals surface area contributed by atoms with Gasteiger partial charge < -0.3 is 19.6 Å². The summed E-state index contributed by atoms with van der Waals surface area (Å²) in [7, 11) is 0. The van der Waals surface area contributed by atoms with Crippen molar-refractivity contribution in [3.8, 4) is 5.75 Å². The first-order valence-corrected chi connectivity index (χ1v) is 8.19. The number of rotatable bonds is 6. The molecule has 2 unspecified atom stereocenters. The first-order chi connectivity index (χ1) is 10.9. The Labute approximate surface area is 137 Å². The molecule has 0 spiro atoms. The smallest absolute Gasteiger partial charge is 0.132 e. The lowest BCUT2D eigenvalue weighted by Gasteiger charge is -2.17. The van der Waals surface area contributed by atoms with Crippen molar-refractivity contribution in [2.45, 2.75) is 57.9 Å².